The van der Waals surface area contributed by atoms with Crippen LogP contribution in [0.15, 0.2) is 18.2 Å². The number of nitrogens with one attached hydrogen (secondary N) is 1. The largest absolute Gasteiger partial charge is 0.494 e. The number of benzene rings is 1. The van der Waals surface area contributed by atoms with Gasteiger partial charge in [-0.15, -0.1) is 0 Å². The van der Waals surface area contributed by atoms with Crippen LogP contribution in [0, 0.1) is 0 Å². The number of carbonyl (C=O) groups is 3. The second-order valence-corrected chi connectivity index (χ2v) is 3.63. The fourth-order valence-corrected chi connectivity index (χ4v) is 1.36. The Morgan fingerprint density at radius 2 is 2.11 bits per heavy atom. The highest BCUT2D eigenvalue weighted by Gasteiger charge is 2.09. The Morgan fingerprint density at radius 1 is 1.37 bits per heavy atom. The molecule has 0 fully saturated rings. The van der Waals surface area contributed by atoms with Crippen LogP contribution in [0.25, 0.3) is 0 Å². The van der Waals surface area contributed by atoms with Gasteiger partial charge in [0, 0.05) is 12.5 Å². The Bertz CT molecular complexity index is 484. The molecule has 0 atom stereocenters. The minimum atomic E-state index is -0.544. The van der Waals surface area contributed by atoms with E-state index >= 15 is 0 Å². The molecule has 102 valence electrons. The van der Waals surface area contributed by atoms with Crippen LogP contribution in [0.1, 0.15) is 24.2 Å². The number of esters is 1. The lowest BCUT2D eigenvalue weighted by Gasteiger charge is -2.09. The average molecular weight is 265 g/mol. The first-order chi connectivity index (χ1) is 9.06. The summed E-state index contributed by atoms with van der Waals surface area (Å²) in [4.78, 5) is 33.0. The molecule has 1 aromatic carbocycles. The van der Waals surface area contributed by atoms with Crippen molar-refractivity contribution in [2.75, 3.05) is 18.5 Å². The number of aldehydes is 1. The maximum atomic E-state index is 11.5. The topological polar surface area (TPSA) is 81.7 Å². The molecule has 1 rings (SSSR count). The van der Waals surface area contributed by atoms with E-state index in [1.165, 1.54) is 13.0 Å². The number of hydrogen-bond donors (Lipinski definition) is 1. The zero-order chi connectivity index (χ0) is 14.3. The minimum absolute atomic E-state index is 0.294. The van der Waals surface area contributed by atoms with Crippen LogP contribution >= 0.6 is 0 Å². The van der Waals surface area contributed by atoms with Gasteiger partial charge in [0.2, 0.25) is 0 Å². The summed E-state index contributed by atoms with van der Waals surface area (Å²) in [6.07, 6.45) is 0.615. The van der Waals surface area contributed by atoms with Gasteiger partial charge in [-0.1, -0.05) is 0 Å². The lowest BCUT2D eigenvalue weighted by Crippen LogP contribution is -2.20. The molecule has 0 heterocycles. The normalized spacial score (nSPS) is 9.58. The highest BCUT2D eigenvalue weighted by atomic mass is 16.5. The van der Waals surface area contributed by atoms with E-state index in [9.17, 15) is 14.4 Å². The first-order valence-corrected chi connectivity index (χ1v) is 5.72. The van der Waals surface area contributed by atoms with E-state index < -0.39 is 11.9 Å². The summed E-state index contributed by atoms with van der Waals surface area (Å²) in [7, 11) is 0. The third-order valence-corrected chi connectivity index (χ3v) is 2.14. The molecule has 0 aliphatic rings. The third-order valence-electron chi connectivity index (χ3n) is 2.14. The minimum Gasteiger partial charge on any atom is -0.494 e. The summed E-state index contributed by atoms with van der Waals surface area (Å²) in [5.41, 5.74) is 0.637. The quantitative estimate of drug-likeness (QED) is 0.621. The van der Waals surface area contributed by atoms with Crippen LogP contribution in [0.4, 0.5) is 5.69 Å². The number of anilines is 1. The summed E-state index contributed by atoms with van der Waals surface area (Å²) in [6.45, 7) is 3.13. The van der Waals surface area contributed by atoms with Gasteiger partial charge in [0.05, 0.1) is 12.3 Å². The predicted molar refractivity (Wildman–Crippen MR) is 68.3 cm³/mol. The smallest absolute Gasteiger partial charge is 0.303 e. The number of hydrogen-bond acceptors (Lipinski definition) is 5. The van der Waals surface area contributed by atoms with Gasteiger partial charge in [0.15, 0.2) is 12.9 Å². The molecule has 0 spiro atoms. The Morgan fingerprint density at radius 3 is 2.68 bits per heavy atom. The first kappa shape index (κ1) is 14.7. The van der Waals surface area contributed by atoms with Gasteiger partial charge in [-0.05, 0) is 25.1 Å². The predicted octanol–water partition coefficient (Wildman–Crippen LogP) is 1.40. The van der Waals surface area contributed by atoms with Gasteiger partial charge in [0.1, 0.15) is 5.75 Å². The molecule has 19 heavy (non-hydrogen) atoms. The van der Waals surface area contributed by atoms with Crippen LogP contribution in [0.5, 0.6) is 5.75 Å². The van der Waals surface area contributed by atoms with Crippen molar-refractivity contribution in [2.24, 2.45) is 0 Å². The van der Waals surface area contributed by atoms with E-state index in [1.54, 1.807) is 12.1 Å². The fraction of sp³-hybridized carbons (Fsp3) is 0.308. The lowest BCUT2D eigenvalue weighted by molar-refractivity contribution is -0.144. The maximum Gasteiger partial charge on any atom is 0.303 e. The fourth-order valence-electron chi connectivity index (χ4n) is 1.36. The molecule has 0 saturated heterocycles. The molecule has 0 radical (unpaired) electrons. The highest BCUT2D eigenvalue weighted by molar-refractivity contribution is 5.97. The monoisotopic (exact) mass is 265 g/mol. The molecule has 0 unspecified atom stereocenters. The van der Waals surface area contributed by atoms with Crippen LogP contribution in [-0.4, -0.2) is 31.4 Å². The van der Waals surface area contributed by atoms with Crippen molar-refractivity contribution in [3.05, 3.63) is 23.8 Å². The summed E-state index contributed by atoms with van der Waals surface area (Å²) in [6, 6.07) is 4.72. The van der Waals surface area contributed by atoms with E-state index in [1.807, 2.05) is 6.92 Å². The highest BCUT2D eigenvalue weighted by Crippen LogP contribution is 2.20. The SMILES string of the molecule is CCOc1ccc(NC(=O)COC(C)=O)c(C=O)c1. The van der Waals surface area contributed by atoms with Crippen LogP contribution in [0.2, 0.25) is 0 Å². The zero-order valence-electron chi connectivity index (χ0n) is 10.8. The Balaban J connectivity index is 2.74. The standard InChI is InChI=1S/C13H15NO5/c1-3-18-11-4-5-12(10(6-11)7-15)14-13(17)8-19-9(2)16/h4-7H,3,8H2,1-2H3,(H,14,17). The molecule has 1 N–H and O–H groups in total. The second kappa shape index (κ2) is 7.15. The molecular formula is C13H15NO5. The van der Waals surface area contributed by atoms with Crippen molar-refractivity contribution >= 4 is 23.9 Å². The summed E-state index contributed by atoms with van der Waals surface area (Å²) in [5, 5.41) is 2.48. The molecule has 6 nitrogen and oxygen atoms in total. The van der Waals surface area contributed by atoms with Crippen molar-refractivity contribution in [2.45, 2.75) is 13.8 Å². The Labute approximate surface area is 110 Å². The Hall–Kier alpha value is -2.37. The van der Waals surface area contributed by atoms with Gasteiger partial charge >= 0.3 is 5.97 Å². The van der Waals surface area contributed by atoms with Crippen molar-refractivity contribution in [3.8, 4) is 5.75 Å². The molecule has 0 aliphatic heterocycles. The number of carbonyl (C=O) groups excluding carboxylic acids is 3. The van der Waals surface area contributed by atoms with Gasteiger partial charge in [-0.25, -0.2) is 0 Å². The number of ether oxygens (including phenoxy) is 2. The molecule has 1 aromatic rings. The summed E-state index contributed by atoms with van der Waals surface area (Å²) < 4.78 is 9.79. The molecule has 1 amide bonds. The second-order valence-electron chi connectivity index (χ2n) is 3.63. The molecule has 0 bridgehead atoms. The van der Waals surface area contributed by atoms with Crippen molar-refractivity contribution in [1.82, 2.24) is 0 Å². The van der Waals surface area contributed by atoms with Crippen LogP contribution < -0.4 is 10.1 Å². The Kier molecular flexibility index (Phi) is 5.53. The van der Waals surface area contributed by atoms with Gasteiger partial charge in [-0.3, -0.25) is 14.4 Å². The molecule has 0 saturated carbocycles. The van der Waals surface area contributed by atoms with Crippen molar-refractivity contribution in [3.63, 3.8) is 0 Å². The zero-order valence-corrected chi connectivity index (χ0v) is 10.8. The lowest BCUT2D eigenvalue weighted by atomic mass is 10.2. The molecule has 0 aromatic heterocycles. The molecule has 6 heteroatoms. The van der Waals surface area contributed by atoms with Gasteiger partial charge in [0.25, 0.3) is 5.91 Å². The van der Waals surface area contributed by atoms with Crippen LogP contribution in [-0.2, 0) is 14.3 Å². The first-order valence-electron chi connectivity index (χ1n) is 5.72. The van der Waals surface area contributed by atoms with E-state index in [0.29, 0.717) is 29.9 Å². The van der Waals surface area contributed by atoms with E-state index in [2.05, 4.69) is 10.1 Å². The average Bonchev–Trinajstić information content (AvgIpc) is 2.38. The van der Waals surface area contributed by atoms with E-state index in [4.69, 9.17) is 4.74 Å². The van der Waals surface area contributed by atoms with E-state index in [-0.39, 0.29) is 6.61 Å². The summed E-state index contributed by atoms with van der Waals surface area (Å²) >= 11 is 0. The van der Waals surface area contributed by atoms with Crippen molar-refractivity contribution in [1.29, 1.82) is 0 Å². The van der Waals surface area contributed by atoms with Gasteiger partial charge in [-0.2, -0.15) is 0 Å². The molecule has 0 aliphatic carbocycles. The van der Waals surface area contributed by atoms with Gasteiger partial charge < -0.3 is 14.8 Å². The third kappa shape index (κ3) is 4.79. The number of amides is 1. The number of rotatable bonds is 6. The maximum absolute atomic E-state index is 11.5. The van der Waals surface area contributed by atoms with E-state index in [0.717, 1.165) is 0 Å². The van der Waals surface area contributed by atoms with Crippen LogP contribution in [0.3, 0.4) is 0 Å². The van der Waals surface area contributed by atoms with Crippen molar-refractivity contribution < 1.29 is 23.9 Å². The summed E-state index contributed by atoms with van der Waals surface area (Å²) in [5.74, 6) is -0.512. The molecular weight excluding hydrogens is 250 g/mol.